The van der Waals surface area contributed by atoms with E-state index in [-0.39, 0.29) is 24.1 Å². The van der Waals surface area contributed by atoms with E-state index in [4.69, 9.17) is 4.52 Å². The largest absolute Gasteiger partial charge is 0.354 e. The summed E-state index contributed by atoms with van der Waals surface area (Å²) >= 11 is 0. The molecule has 25 heavy (non-hydrogen) atoms. The van der Waals surface area contributed by atoms with E-state index in [9.17, 15) is 14.0 Å². The van der Waals surface area contributed by atoms with Gasteiger partial charge >= 0.3 is 0 Å². The van der Waals surface area contributed by atoms with Crippen molar-refractivity contribution < 1.29 is 18.5 Å². The first kappa shape index (κ1) is 17.1. The van der Waals surface area contributed by atoms with Crippen LogP contribution in [0.4, 0.5) is 4.39 Å². The fourth-order valence-corrected chi connectivity index (χ4v) is 2.65. The number of rotatable bonds is 4. The van der Waals surface area contributed by atoms with Gasteiger partial charge < -0.3 is 14.7 Å². The first-order valence-corrected chi connectivity index (χ1v) is 8.16. The maximum absolute atomic E-state index is 13.3. The van der Waals surface area contributed by atoms with Crippen LogP contribution in [0.25, 0.3) is 11.4 Å². The second-order valence-electron chi connectivity index (χ2n) is 5.96. The van der Waals surface area contributed by atoms with E-state index in [0.29, 0.717) is 55.3 Å². The molecular formula is C17H19FN4O3. The lowest BCUT2D eigenvalue weighted by Crippen LogP contribution is -2.34. The Kier molecular flexibility index (Phi) is 5.06. The molecule has 2 aromatic rings. The van der Waals surface area contributed by atoms with E-state index in [2.05, 4.69) is 15.5 Å². The SMILES string of the molecule is Cc1cc(-c2noc(CCC(=O)N3CCNC(=O)CC3)n2)ccc1F. The summed E-state index contributed by atoms with van der Waals surface area (Å²) < 4.78 is 18.5. The highest BCUT2D eigenvalue weighted by Crippen LogP contribution is 2.19. The summed E-state index contributed by atoms with van der Waals surface area (Å²) in [6, 6.07) is 4.60. The van der Waals surface area contributed by atoms with Gasteiger partial charge in [0.1, 0.15) is 5.82 Å². The van der Waals surface area contributed by atoms with Gasteiger partial charge in [-0.3, -0.25) is 9.59 Å². The predicted molar refractivity (Wildman–Crippen MR) is 87.0 cm³/mol. The van der Waals surface area contributed by atoms with Gasteiger partial charge in [-0.25, -0.2) is 4.39 Å². The highest BCUT2D eigenvalue weighted by Gasteiger charge is 2.19. The second-order valence-corrected chi connectivity index (χ2v) is 5.96. The molecule has 1 aromatic heterocycles. The number of benzene rings is 1. The van der Waals surface area contributed by atoms with Crippen molar-refractivity contribution >= 4 is 11.8 Å². The zero-order chi connectivity index (χ0) is 17.8. The predicted octanol–water partition coefficient (Wildman–Crippen LogP) is 1.47. The van der Waals surface area contributed by atoms with Crippen molar-refractivity contribution in [2.24, 2.45) is 0 Å². The molecule has 2 amide bonds. The number of aromatic nitrogens is 2. The number of hydrogen-bond acceptors (Lipinski definition) is 5. The van der Waals surface area contributed by atoms with Crippen molar-refractivity contribution in [2.45, 2.75) is 26.2 Å². The Morgan fingerprint density at radius 3 is 3.04 bits per heavy atom. The third kappa shape index (κ3) is 4.20. The summed E-state index contributed by atoms with van der Waals surface area (Å²) in [5.74, 6) is 0.355. The molecule has 1 aliphatic heterocycles. The molecule has 0 bridgehead atoms. The maximum Gasteiger partial charge on any atom is 0.227 e. The summed E-state index contributed by atoms with van der Waals surface area (Å²) in [6.07, 6.45) is 0.877. The van der Waals surface area contributed by atoms with Crippen LogP contribution in [0.2, 0.25) is 0 Å². The van der Waals surface area contributed by atoms with Gasteiger partial charge in [0.2, 0.25) is 23.5 Å². The van der Waals surface area contributed by atoms with Gasteiger partial charge in [-0.15, -0.1) is 0 Å². The summed E-state index contributed by atoms with van der Waals surface area (Å²) in [4.78, 5) is 29.5. The van der Waals surface area contributed by atoms with Gasteiger partial charge in [-0.2, -0.15) is 4.98 Å². The van der Waals surface area contributed by atoms with Gasteiger partial charge in [0, 0.05) is 44.5 Å². The van der Waals surface area contributed by atoms with Gasteiger partial charge in [-0.1, -0.05) is 5.16 Å². The van der Waals surface area contributed by atoms with Crippen LogP contribution in [-0.4, -0.2) is 46.5 Å². The topological polar surface area (TPSA) is 88.3 Å². The summed E-state index contributed by atoms with van der Waals surface area (Å²) in [5.41, 5.74) is 1.17. The average molecular weight is 346 g/mol. The standard InChI is InChI=1S/C17H19FN4O3/c1-11-10-12(2-3-13(11)18)17-20-15(25-21-17)4-5-16(24)22-8-6-14(23)19-7-9-22/h2-3,10H,4-9H2,1H3,(H,19,23). The van der Waals surface area contributed by atoms with Gasteiger partial charge in [0.25, 0.3) is 0 Å². The van der Waals surface area contributed by atoms with Crippen LogP contribution in [0, 0.1) is 12.7 Å². The van der Waals surface area contributed by atoms with Gasteiger partial charge in [0.15, 0.2) is 0 Å². The molecule has 1 aromatic carbocycles. The average Bonchev–Trinajstić information content (AvgIpc) is 2.96. The number of aryl methyl sites for hydroxylation is 2. The van der Waals surface area contributed by atoms with Crippen molar-refractivity contribution in [3.63, 3.8) is 0 Å². The molecule has 7 nitrogen and oxygen atoms in total. The molecule has 0 saturated carbocycles. The van der Waals surface area contributed by atoms with E-state index in [0.717, 1.165) is 0 Å². The van der Waals surface area contributed by atoms with Crippen LogP contribution < -0.4 is 5.32 Å². The molecule has 0 radical (unpaired) electrons. The summed E-state index contributed by atoms with van der Waals surface area (Å²) in [7, 11) is 0. The van der Waals surface area contributed by atoms with Crippen LogP contribution in [-0.2, 0) is 16.0 Å². The Morgan fingerprint density at radius 1 is 1.40 bits per heavy atom. The van der Waals surface area contributed by atoms with E-state index < -0.39 is 0 Å². The third-order valence-electron chi connectivity index (χ3n) is 4.10. The minimum absolute atomic E-state index is 0.0357. The molecule has 1 N–H and O–H groups in total. The molecule has 0 atom stereocenters. The van der Waals surface area contributed by atoms with Crippen molar-refractivity contribution in [2.75, 3.05) is 19.6 Å². The maximum atomic E-state index is 13.3. The zero-order valence-electron chi connectivity index (χ0n) is 13.9. The molecule has 1 aliphatic rings. The lowest BCUT2D eigenvalue weighted by molar-refractivity contribution is -0.131. The van der Waals surface area contributed by atoms with E-state index in [1.807, 2.05) is 0 Å². The van der Waals surface area contributed by atoms with Crippen molar-refractivity contribution in [3.05, 3.63) is 35.5 Å². The number of carbonyl (C=O) groups is 2. The van der Waals surface area contributed by atoms with E-state index in [1.54, 1.807) is 24.0 Å². The molecule has 0 spiro atoms. The number of amides is 2. The quantitative estimate of drug-likeness (QED) is 0.906. The van der Waals surface area contributed by atoms with Crippen LogP contribution in [0.1, 0.15) is 24.3 Å². The Bertz CT molecular complexity index is 790. The molecule has 1 saturated heterocycles. The van der Waals surface area contributed by atoms with Crippen LogP contribution in [0.5, 0.6) is 0 Å². The number of nitrogens with one attached hydrogen (secondary N) is 1. The third-order valence-corrected chi connectivity index (χ3v) is 4.10. The molecule has 3 rings (SSSR count). The monoisotopic (exact) mass is 346 g/mol. The molecule has 132 valence electrons. The highest BCUT2D eigenvalue weighted by atomic mass is 19.1. The number of nitrogens with zero attached hydrogens (tertiary/aromatic N) is 3. The van der Waals surface area contributed by atoms with Crippen LogP contribution >= 0.6 is 0 Å². The van der Waals surface area contributed by atoms with Crippen molar-refractivity contribution in [3.8, 4) is 11.4 Å². The Morgan fingerprint density at radius 2 is 2.24 bits per heavy atom. The Hall–Kier alpha value is -2.77. The molecule has 1 fully saturated rings. The zero-order valence-corrected chi connectivity index (χ0v) is 13.9. The normalized spacial score (nSPS) is 15.0. The summed E-state index contributed by atoms with van der Waals surface area (Å²) in [5, 5.41) is 6.62. The molecule has 2 heterocycles. The molecule has 0 aliphatic carbocycles. The lowest BCUT2D eigenvalue weighted by atomic mass is 10.1. The van der Waals surface area contributed by atoms with E-state index in [1.165, 1.54) is 6.07 Å². The minimum Gasteiger partial charge on any atom is -0.354 e. The smallest absolute Gasteiger partial charge is 0.227 e. The van der Waals surface area contributed by atoms with E-state index >= 15 is 0 Å². The van der Waals surface area contributed by atoms with Crippen LogP contribution in [0.3, 0.4) is 0 Å². The minimum atomic E-state index is -0.288. The lowest BCUT2D eigenvalue weighted by Gasteiger charge is -2.18. The first-order valence-electron chi connectivity index (χ1n) is 8.16. The Labute approximate surface area is 144 Å². The number of carbonyl (C=O) groups excluding carboxylic acids is 2. The molecular weight excluding hydrogens is 327 g/mol. The molecule has 8 heteroatoms. The summed E-state index contributed by atoms with van der Waals surface area (Å²) in [6.45, 7) is 3.07. The highest BCUT2D eigenvalue weighted by molar-refractivity contribution is 5.80. The van der Waals surface area contributed by atoms with Gasteiger partial charge in [0.05, 0.1) is 0 Å². The van der Waals surface area contributed by atoms with Crippen molar-refractivity contribution in [1.29, 1.82) is 0 Å². The first-order chi connectivity index (χ1) is 12.0. The molecule has 0 unspecified atom stereocenters. The van der Waals surface area contributed by atoms with Crippen molar-refractivity contribution in [1.82, 2.24) is 20.4 Å². The number of hydrogen-bond donors (Lipinski definition) is 1. The second kappa shape index (κ2) is 7.42. The van der Waals surface area contributed by atoms with Crippen LogP contribution in [0.15, 0.2) is 22.7 Å². The number of halogens is 1. The Balaban J connectivity index is 1.58. The van der Waals surface area contributed by atoms with Gasteiger partial charge in [-0.05, 0) is 30.7 Å². The fraction of sp³-hybridized carbons (Fsp3) is 0.412. The fourth-order valence-electron chi connectivity index (χ4n) is 2.65.